The number of carbonyl (C=O) groups is 1. The minimum atomic E-state index is -1.84. The second-order valence-corrected chi connectivity index (χ2v) is 8.65. The van der Waals surface area contributed by atoms with E-state index in [-0.39, 0.29) is 17.4 Å². The van der Waals surface area contributed by atoms with Gasteiger partial charge in [0.2, 0.25) is 9.70 Å². The lowest BCUT2D eigenvalue weighted by atomic mass is 10.1. The number of benzene rings is 2. The molecule has 3 N–H and O–H groups in total. The van der Waals surface area contributed by atoms with Gasteiger partial charge in [-0.1, -0.05) is 65.1 Å². The van der Waals surface area contributed by atoms with Crippen LogP contribution in [0.1, 0.15) is 5.56 Å². The largest absolute Gasteiger partial charge is 0.493 e. The number of hydrogen-bond acceptors (Lipinski definition) is 4. The van der Waals surface area contributed by atoms with Crippen LogP contribution in [0.4, 0.5) is 5.69 Å². The Balaban J connectivity index is 2.02. The van der Waals surface area contributed by atoms with Gasteiger partial charge in [0.15, 0.2) is 16.6 Å². The van der Waals surface area contributed by atoms with Crippen LogP contribution in [-0.4, -0.2) is 35.2 Å². The Hall–Kier alpha value is -1.93. The normalized spacial score (nSPS) is 11.9. The molecule has 0 saturated heterocycles. The third kappa shape index (κ3) is 7.44. The average Bonchev–Trinajstić information content (AvgIpc) is 2.67. The van der Waals surface area contributed by atoms with Gasteiger partial charge >= 0.3 is 0 Å². The molecule has 1 atom stereocenters. The molecular weight excluding hydrogens is 457 g/mol. The predicted molar refractivity (Wildman–Crippen MR) is 121 cm³/mol. The van der Waals surface area contributed by atoms with E-state index in [1.165, 1.54) is 7.11 Å². The first-order chi connectivity index (χ1) is 13.7. The van der Waals surface area contributed by atoms with Crippen molar-refractivity contribution in [2.24, 2.45) is 0 Å². The van der Waals surface area contributed by atoms with E-state index in [1.54, 1.807) is 25.3 Å². The Morgan fingerprint density at radius 2 is 1.69 bits per heavy atom. The van der Waals surface area contributed by atoms with Crippen molar-refractivity contribution in [1.82, 2.24) is 10.6 Å². The molecule has 0 fully saturated rings. The summed E-state index contributed by atoms with van der Waals surface area (Å²) in [7, 11) is 3.07. The van der Waals surface area contributed by atoms with Crippen LogP contribution >= 0.6 is 47.0 Å². The molecular formula is C19H20Cl3N3O3S. The van der Waals surface area contributed by atoms with Gasteiger partial charge in [-0.25, -0.2) is 0 Å². The van der Waals surface area contributed by atoms with E-state index < -0.39 is 9.96 Å². The van der Waals surface area contributed by atoms with E-state index >= 15 is 0 Å². The van der Waals surface area contributed by atoms with Crippen LogP contribution < -0.4 is 25.4 Å². The molecule has 0 saturated carbocycles. The van der Waals surface area contributed by atoms with Crippen molar-refractivity contribution in [1.29, 1.82) is 0 Å². The number of carbonyl (C=O) groups excluding carboxylic acids is 1. The summed E-state index contributed by atoms with van der Waals surface area (Å²) in [5.74, 6) is 0.771. The molecule has 10 heteroatoms. The van der Waals surface area contributed by atoms with Gasteiger partial charge in [0.05, 0.1) is 20.6 Å². The highest BCUT2D eigenvalue weighted by atomic mass is 35.6. The summed E-state index contributed by atoms with van der Waals surface area (Å²) in [5.41, 5.74) is 1.46. The Kier molecular flexibility index (Phi) is 8.64. The van der Waals surface area contributed by atoms with Crippen LogP contribution in [0, 0.1) is 0 Å². The summed E-state index contributed by atoms with van der Waals surface area (Å²) >= 11 is 23.3. The van der Waals surface area contributed by atoms with Crippen LogP contribution in [0.5, 0.6) is 11.5 Å². The average molecular weight is 477 g/mol. The molecule has 6 nitrogen and oxygen atoms in total. The Labute approximate surface area is 189 Å². The van der Waals surface area contributed by atoms with Crippen molar-refractivity contribution in [3.05, 3.63) is 54.1 Å². The number of halogens is 3. The highest BCUT2D eigenvalue weighted by molar-refractivity contribution is 7.80. The molecule has 0 aromatic heterocycles. The fraction of sp³-hybridized carbons (Fsp3) is 0.263. The summed E-state index contributed by atoms with van der Waals surface area (Å²) in [5, 5.41) is 8.55. The van der Waals surface area contributed by atoms with Crippen molar-refractivity contribution in [3.8, 4) is 11.5 Å². The van der Waals surface area contributed by atoms with Gasteiger partial charge in [0.1, 0.15) is 6.17 Å². The summed E-state index contributed by atoms with van der Waals surface area (Å²) in [6.45, 7) is 0. The van der Waals surface area contributed by atoms with Crippen molar-refractivity contribution in [3.63, 3.8) is 0 Å². The molecule has 2 rings (SSSR count). The maximum absolute atomic E-state index is 12.3. The predicted octanol–water partition coefficient (Wildman–Crippen LogP) is 4.05. The minimum absolute atomic E-state index is 0.135. The molecule has 0 radical (unpaired) electrons. The highest BCUT2D eigenvalue weighted by Crippen LogP contribution is 2.31. The molecule has 1 amide bonds. The first-order valence-electron chi connectivity index (χ1n) is 8.42. The monoisotopic (exact) mass is 475 g/mol. The van der Waals surface area contributed by atoms with Crippen LogP contribution in [0.2, 0.25) is 0 Å². The third-order valence-electron chi connectivity index (χ3n) is 3.76. The van der Waals surface area contributed by atoms with Gasteiger partial charge in [-0.15, -0.1) is 0 Å². The Morgan fingerprint density at radius 3 is 2.28 bits per heavy atom. The molecule has 0 heterocycles. The van der Waals surface area contributed by atoms with Gasteiger partial charge in [-0.05, 0) is 29.9 Å². The first kappa shape index (κ1) is 23.3. The molecule has 0 bridgehead atoms. The van der Waals surface area contributed by atoms with Crippen molar-refractivity contribution >= 4 is 63.7 Å². The minimum Gasteiger partial charge on any atom is -0.493 e. The summed E-state index contributed by atoms with van der Waals surface area (Å²) in [6.07, 6.45) is -0.917. The van der Waals surface area contributed by atoms with E-state index in [0.29, 0.717) is 17.2 Å². The number of anilines is 1. The molecule has 2 aromatic rings. The van der Waals surface area contributed by atoms with Gasteiger partial charge in [-0.3, -0.25) is 4.79 Å². The second kappa shape index (κ2) is 10.7. The van der Waals surface area contributed by atoms with E-state index in [2.05, 4.69) is 16.0 Å². The number of methoxy groups -OCH3 is 2. The number of amides is 1. The molecule has 156 valence electrons. The van der Waals surface area contributed by atoms with Gasteiger partial charge in [0.25, 0.3) is 0 Å². The lowest BCUT2D eigenvalue weighted by molar-refractivity contribution is -0.121. The fourth-order valence-corrected chi connectivity index (χ4v) is 2.97. The molecule has 0 aliphatic heterocycles. The van der Waals surface area contributed by atoms with E-state index in [1.807, 2.05) is 30.3 Å². The number of hydrogen-bond donors (Lipinski definition) is 3. The summed E-state index contributed by atoms with van der Waals surface area (Å²) < 4.78 is 8.61. The highest BCUT2D eigenvalue weighted by Gasteiger charge is 2.34. The van der Waals surface area contributed by atoms with Crippen LogP contribution in [0.3, 0.4) is 0 Å². The third-order valence-corrected chi connectivity index (χ3v) is 4.63. The number of nitrogens with one attached hydrogen (secondary N) is 3. The second-order valence-electron chi connectivity index (χ2n) is 5.87. The zero-order valence-corrected chi connectivity index (χ0v) is 18.8. The maximum Gasteiger partial charge on any atom is 0.228 e. The van der Waals surface area contributed by atoms with Crippen LogP contribution in [0.15, 0.2) is 48.5 Å². The quantitative estimate of drug-likeness (QED) is 0.318. The molecule has 1 unspecified atom stereocenters. The van der Waals surface area contributed by atoms with E-state index in [9.17, 15) is 4.79 Å². The summed E-state index contributed by atoms with van der Waals surface area (Å²) in [4.78, 5) is 12.3. The summed E-state index contributed by atoms with van der Waals surface area (Å²) in [6, 6.07) is 14.4. The van der Waals surface area contributed by atoms with Crippen LogP contribution in [-0.2, 0) is 11.2 Å². The molecule has 0 spiro atoms. The zero-order chi connectivity index (χ0) is 21.4. The Morgan fingerprint density at radius 1 is 1.03 bits per heavy atom. The first-order valence-corrected chi connectivity index (χ1v) is 9.96. The molecule has 29 heavy (non-hydrogen) atoms. The van der Waals surface area contributed by atoms with Crippen molar-refractivity contribution in [2.45, 2.75) is 16.4 Å². The van der Waals surface area contributed by atoms with Crippen LogP contribution in [0.25, 0.3) is 0 Å². The van der Waals surface area contributed by atoms with Gasteiger partial charge < -0.3 is 25.4 Å². The Bertz CT molecular complexity index is 848. The molecule has 0 aliphatic rings. The smallest absolute Gasteiger partial charge is 0.228 e. The molecule has 0 aliphatic carbocycles. The SMILES string of the molecule is COc1ccc(NC(=S)NC(NC(=O)Cc2ccccc2)C(Cl)(Cl)Cl)cc1OC. The van der Waals surface area contributed by atoms with Gasteiger partial charge in [-0.2, -0.15) is 0 Å². The number of alkyl halides is 3. The lowest BCUT2D eigenvalue weighted by Crippen LogP contribution is -2.56. The topological polar surface area (TPSA) is 71.6 Å². The lowest BCUT2D eigenvalue weighted by Gasteiger charge is -2.28. The molecule has 2 aromatic carbocycles. The number of thiocarbonyl (C=S) groups is 1. The number of ether oxygens (including phenoxy) is 2. The zero-order valence-electron chi connectivity index (χ0n) is 15.7. The van der Waals surface area contributed by atoms with Crippen molar-refractivity contribution < 1.29 is 14.3 Å². The van der Waals surface area contributed by atoms with Crippen molar-refractivity contribution in [2.75, 3.05) is 19.5 Å². The van der Waals surface area contributed by atoms with E-state index in [0.717, 1.165) is 5.56 Å². The standard InChI is InChI=1S/C19H20Cl3N3O3S/c1-27-14-9-8-13(11-15(14)28-2)23-18(29)25-17(19(20,21)22)24-16(26)10-12-6-4-3-5-7-12/h3-9,11,17H,10H2,1-2H3,(H,24,26)(H2,23,25,29). The maximum atomic E-state index is 12.3. The van der Waals surface area contributed by atoms with Gasteiger partial charge in [0, 0.05) is 11.8 Å². The fourth-order valence-electron chi connectivity index (χ4n) is 2.41. The van der Waals surface area contributed by atoms with E-state index in [4.69, 9.17) is 56.5 Å². The number of rotatable bonds is 7.